The molecule has 1 aromatic heterocycles. The molecule has 0 saturated carbocycles. The average molecular weight is 292 g/mol. The highest BCUT2D eigenvalue weighted by atomic mass is 16.4. The average Bonchev–Trinajstić information content (AvgIpc) is 3.06. The van der Waals surface area contributed by atoms with Crippen LogP contribution in [0.1, 0.15) is 38.3 Å². The first-order chi connectivity index (χ1) is 10.0. The maximum Gasteiger partial charge on any atom is 0.307 e. The fourth-order valence-electron chi connectivity index (χ4n) is 3.51. The monoisotopic (exact) mass is 292 g/mol. The number of nitrogens with zero attached hydrogens (tertiary/aromatic N) is 4. The van der Waals surface area contributed by atoms with Crippen molar-refractivity contribution in [1.82, 2.24) is 19.7 Å². The van der Waals surface area contributed by atoms with E-state index in [1.54, 1.807) is 0 Å². The molecule has 0 bridgehead atoms. The van der Waals surface area contributed by atoms with Crippen LogP contribution in [0.2, 0.25) is 0 Å². The Labute approximate surface area is 125 Å². The molecular formula is C15H24N4O2. The first-order valence-electron chi connectivity index (χ1n) is 7.92. The molecule has 6 nitrogen and oxygen atoms in total. The lowest BCUT2D eigenvalue weighted by atomic mass is 9.97. The van der Waals surface area contributed by atoms with Gasteiger partial charge in [-0.05, 0) is 39.2 Å². The zero-order chi connectivity index (χ0) is 15.0. The third-order valence-electron chi connectivity index (χ3n) is 4.90. The summed E-state index contributed by atoms with van der Waals surface area (Å²) in [5, 5.41) is 17.7. The molecule has 0 aromatic carbocycles. The van der Waals surface area contributed by atoms with Gasteiger partial charge in [0.15, 0.2) is 0 Å². The molecular weight excluding hydrogens is 268 g/mol. The molecule has 3 heterocycles. The summed E-state index contributed by atoms with van der Waals surface area (Å²) in [7, 11) is 0. The molecule has 2 aliphatic heterocycles. The van der Waals surface area contributed by atoms with Crippen molar-refractivity contribution < 1.29 is 9.90 Å². The number of carbonyl (C=O) groups is 1. The molecule has 1 fully saturated rings. The third kappa shape index (κ3) is 2.95. The van der Waals surface area contributed by atoms with Crippen molar-refractivity contribution in [3.63, 3.8) is 0 Å². The van der Waals surface area contributed by atoms with E-state index in [1.165, 1.54) is 13.0 Å². The summed E-state index contributed by atoms with van der Waals surface area (Å²) in [5.41, 5.74) is 0. The van der Waals surface area contributed by atoms with Gasteiger partial charge in [0.1, 0.15) is 11.6 Å². The number of likely N-dealkylation sites (tertiary alicyclic amines) is 1. The van der Waals surface area contributed by atoms with Gasteiger partial charge in [-0.3, -0.25) is 4.79 Å². The van der Waals surface area contributed by atoms with E-state index in [1.807, 2.05) is 0 Å². The van der Waals surface area contributed by atoms with Crippen LogP contribution in [0, 0.1) is 11.8 Å². The van der Waals surface area contributed by atoms with Gasteiger partial charge in [0, 0.05) is 32.0 Å². The molecule has 0 spiro atoms. The van der Waals surface area contributed by atoms with Crippen molar-refractivity contribution in [3.8, 4) is 0 Å². The molecule has 21 heavy (non-hydrogen) atoms. The standard InChI is InChI=1S/C15H24N4O2/c1-10(2)18-5-3-11(9-18)7-13-16-17-14-8-12(15(20)21)4-6-19(13)14/h10-12H,3-9H2,1-2H3,(H,20,21). The van der Waals surface area contributed by atoms with Crippen molar-refractivity contribution in [2.45, 2.75) is 52.1 Å². The summed E-state index contributed by atoms with van der Waals surface area (Å²) >= 11 is 0. The highest BCUT2D eigenvalue weighted by Gasteiger charge is 2.30. The number of aliphatic carboxylic acids is 1. The van der Waals surface area contributed by atoms with Gasteiger partial charge < -0.3 is 14.6 Å². The minimum absolute atomic E-state index is 0.294. The van der Waals surface area contributed by atoms with Gasteiger partial charge in [-0.2, -0.15) is 0 Å². The number of carboxylic acid groups (broad SMARTS) is 1. The number of hydrogen-bond donors (Lipinski definition) is 1. The fourth-order valence-corrected chi connectivity index (χ4v) is 3.51. The minimum Gasteiger partial charge on any atom is -0.481 e. The number of hydrogen-bond acceptors (Lipinski definition) is 4. The molecule has 6 heteroatoms. The Bertz CT molecular complexity index is 526. The normalized spacial score (nSPS) is 26.2. The smallest absolute Gasteiger partial charge is 0.307 e. The first kappa shape index (κ1) is 14.5. The van der Waals surface area contributed by atoms with Crippen LogP contribution in [0.15, 0.2) is 0 Å². The second kappa shape index (κ2) is 5.75. The number of fused-ring (bicyclic) bond motifs is 1. The second-order valence-corrected chi connectivity index (χ2v) is 6.66. The highest BCUT2D eigenvalue weighted by Crippen LogP contribution is 2.25. The Balaban J connectivity index is 1.65. The molecule has 1 aromatic rings. The number of carboxylic acids is 1. The predicted molar refractivity (Wildman–Crippen MR) is 78.0 cm³/mol. The molecule has 1 saturated heterocycles. The maximum atomic E-state index is 11.1. The van der Waals surface area contributed by atoms with Crippen LogP contribution in [-0.4, -0.2) is 49.9 Å². The first-order valence-corrected chi connectivity index (χ1v) is 7.92. The van der Waals surface area contributed by atoms with Crippen LogP contribution >= 0.6 is 0 Å². The SMILES string of the molecule is CC(C)N1CCC(Cc2nnc3n2CCC(C(=O)O)C3)C1. The minimum atomic E-state index is -0.714. The lowest BCUT2D eigenvalue weighted by Crippen LogP contribution is -2.29. The van der Waals surface area contributed by atoms with Crippen molar-refractivity contribution in [3.05, 3.63) is 11.6 Å². The lowest BCUT2D eigenvalue weighted by Gasteiger charge is -2.22. The Morgan fingerprint density at radius 3 is 2.81 bits per heavy atom. The van der Waals surface area contributed by atoms with Crippen LogP contribution in [0.25, 0.3) is 0 Å². The molecule has 2 unspecified atom stereocenters. The van der Waals surface area contributed by atoms with E-state index in [0.717, 1.165) is 31.2 Å². The van der Waals surface area contributed by atoms with Gasteiger partial charge in [-0.15, -0.1) is 10.2 Å². The van der Waals surface area contributed by atoms with Gasteiger partial charge in [0.05, 0.1) is 5.92 Å². The van der Waals surface area contributed by atoms with E-state index >= 15 is 0 Å². The molecule has 116 valence electrons. The van der Waals surface area contributed by atoms with E-state index in [-0.39, 0.29) is 5.92 Å². The van der Waals surface area contributed by atoms with Gasteiger partial charge >= 0.3 is 5.97 Å². The van der Waals surface area contributed by atoms with Crippen LogP contribution in [0.3, 0.4) is 0 Å². The van der Waals surface area contributed by atoms with Crippen LogP contribution in [0.4, 0.5) is 0 Å². The predicted octanol–water partition coefficient (Wildman–Crippen LogP) is 1.20. The molecule has 1 N–H and O–H groups in total. The Hall–Kier alpha value is -1.43. The van der Waals surface area contributed by atoms with Crippen LogP contribution in [0.5, 0.6) is 0 Å². The summed E-state index contributed by atoms with van der Waals surface area (Å²) in [4.78, 5) is 13.6. The molecule has 0 amide bonds. The highest BCUT2D eigenvalue weighted by molar-refractivity contribution is 5.70. The molecule has 3 rings (SSSR count). The molecule has 2 aliphatic rings. The van der Waals surface area contributed by atoms with Crippen molar-refractivity contribution in [2.24, 2.45) is 11.8 Å². The van der Waals surface area contributed by atoms with Crippen LogP contribution in [-0.2, 0) is 24.2 Å². The number of aromatic nitrogens is 3. The quantitative estimate of drug-likeness (QED) is 0.903. The Morgan fingerprint density at radius 1 is 1.33 bits per heavy atom. The molecule has 0 radical (unpaired) electrons. The van der Waals surface area contributed by atoms with E-state index < -0.39 is 5.97 Å². The lowest BCUT2D eigenvalue weighted by molar-refractivity contribution is -0.142. The largest absolute Gasteiger partial charge is 0.481 e. The van der Waals surface area contributed by atoms with Crippen LogP contribution < -0.4 is 0 Å². The van der Waals surface area contributed by atoms with Gasteiger partial charge in [0.2, 0.25) is 0 Å². The van der Waals surface area contributed by atoms with E-state index in [0.29, 0.717) is 24.8 Å². The van der Waals surface area contributed by atoms with Gasteiger partial charge in [-0.1, -0.05) is 0 Å². The van der Waals surface area contributed by atoms with E-state index in [2.05, 4.69) is 33.5 Å². The van der Waals surface area contributed by atoms with Crippen molar-refractivity contribution in [1.29, 1.82) is 0 Å². The summed E-state index contributed by atoms with van der Waals surface area (Å²) in [5.74, 6) is 1.54. The molecule has 2 atom stereocenters. The maximum absolute atomic E-state index is 11.1. The summed E-state index contributed by atoms with van der Waals surface area (Å²) in [6.07, 6.45) is 3.40. The van der Waals surface area contributed by atoms with Gasteiger partial charge in [-0.25, -0.2) is 0 Å². The fraction of sp³-hybridized carbons (Fsp3) is 0.800. The summed E-state index contributed by atoms with van der Waals surface area (Å²) in [6.45, 7) is 7.54. The topological polar surface area (TPSA) is 71.2 Å². The Kier molecular flexibility index (Phi) is 3.97. The van der Waals surface area contributed by atoms with Gasteiger partial charge in [0.25, 0.3) is 0 Å². The second-order valence-electron chi connectivity index (χ2n) is 6.66. The van der Waals surface area contributed by atoms with E-state index in [4.69, 9.17) is 5.11 Å². The Morgan fingerprint density at radius 2 is 2.14 bits per heavy atom. The zero-order valence-corrected chi connectivity index (χ0v) is 12.8. The summed E-state index contributed by atoms with van der Waals surface area (Å²) in [6, 6.07) is 0.610. The zero-order valence-electron chi connectivity index (χ0n) is 12.8. The third-order valence-corrected chi connectivity index (χ3v) is 4.90. The summed E-state index contributed by atoms with van der Waals surface area (Å²) < 4.78 is 2.15. The van der Waals surface area contributed by atoms with E-state index in [9.17, 15) is 4.79 Å². The number of rotatable bonds is 4. The molecule has 0 aliphatic carbocycles. The van der Waals surface area contributed by atoms with Crippen molar-refractivity contribution >= 4 is 5.97 Å². The van der Waals surface area contributed by atoms with Crippen molar-refractivity contribution in [2.75, 3.05) is 13.1 Å².